The number of H-pyrrole nitrogens is 2. The Balaban J connectivity index is 0.000000510. The van der Waals surface area contributed by atoms with Crippen LogP contribution < -0.4 is 30.6 Å². The van der Waals surface area contributed by atoms with Gasteiger partial charge in [0.1, 0.15) is 23.1 Å². The third kappa shape index (κ3) is 20.2. The Morgan fingerprint density at radius 2 is 0.595 bits per heavy atom. The van der Waals surface area contributed by atoms with Crippen molar-refractivity contribution < 1.29 is 168 Å². The second-order valence-electron chi connectivity index (χ2n) is 14.2. The normalized spacial score (nSPS) is 9.49. The number of phenolic OH excluding ortho intramolecular Hbond substituents is 2. The molecule has 0 aliphatic rings. The molecule has 0 aliphatic carbocycles. The minimum atomic E-state index is -1.08. The molecule has 22 nitrogen and oxygen atoms in total. The van der Waals surface area contributed by atoms with Crippen molar-refractivity contribution in [3.8, 4) is 34.3 Å². The number of nitrogens with zero attached hydrogens (tertiary/aromatic N) is 6. The van der Waals surface area contributed by atoms with Gasteiger partial charge in [0.15, 0.2) is 0 Å². The molecule has 10 aromatic rings. The molecule has 0 saturated heterocycles. The maximum Gasteiger partial charge on any atom is 3.00 e. The molecule has 24 heteroatoms. The summed E-state index contributed by atoms with van der Waals surface area (Å²) in [7, 11) is 0. The topological polar surface area (TPSA) is 390 Å². The minimum Gasteiger partial charge on any atom is -0.550 e. The predicted octanol–water partition coefficient (Wildman–Crippen LogP) is 0.601. The standard InChI is InChI=1S/2C19H12N4O.6C2H4O2.2Eu/c2*24-14-8-2-1-5-11(14)19-22-17-12-6-3-9-20-15(12)16-13(18(17)23-19)7-4-10-21-16;6*1-2(3)4;;/h2*1-10,24H,(H,22,23);6*1H3,(H,3,4);;/q;;;;;;;;2*+3/p-6. The SMILES string of the molecule is CC(=O)[O-].CC(=O)[O-].CC(=O)[O-].CC(=O)[O-].CC(=O)[O-].CC(=O)[O-].Oc1ccccc1-c1nc2c3cccnc3c3ncccc3c2[nH]1.Oc1ccccc1-c1nc2c3cccnc3c3ncccc3c2[nH]1.[Eu+3].[Eu+3]. The van der Waals surface area contributed by atoms with E-state index in [1.54, 1.807) is 49.1 Å². The van der Waals surface area contributed by atoms with E-state index in [9.17, 15) is 10.2 Å². The van der Waals surface area contributed by atoms with Crippen LogP contribution in [0.25, 0.3) is 88.5 Å². The number of hydrogen-bond donors (Lipinski definition) is 4. The largest absolute Gasteiger partial charge is 3.00 e. The number of imidazole rings is 2. The molecular formula is C50H42Eu2N8O14. The number of aromatic nitrogens is 8. The van der Waals surface area contributed by atoms with E-state index in [4.69, 9.17) is 69.4 Å². The quantitative estimate of drug-likeness (QED) is 0.172. The van der Waals surface area contributed by atoms with Gasteiger partial charge in [-0.15, -0.1) is 0 Å². The van der Waals surface area contributed by atoms with Gasteiger partial charge in [0.05, 0.1) is 55.3 Å². The number of para-hydroxylation sites is 2. The van der Waals surface area contributed by atoms with Crippen LogP contribution in [0.2, 0.25) is 0 Å². The molecule has 0 unspecified atom stereocenters. The Labute approximate surface area is 501 Å². The van der Waals surface area contributed by atoms with Crippen LogP contribution in [0.5, 0.6) is 11.5 Å². The maximum absolute atomic E-state index is 10.1. The number of carboxylic acid groups (broad SMARTS) is 6. The average molecular weight is 1280 g/mol. The monoisotopic (exact) mass is 1280 g/mol. The number of pyridine rings is 4. The molecule has 380 valence electrons. The molecule has 4 aromatic carbocycles. The van der Waals surface area contributed by atoms with Gasteiger partial charge in [0.25, 0.3) is 0 Å². The van der Waals surface area contributed by atoms with E-state index < -0.39 is 35.8 Å². The van der Waals surface area contributed by atoms with Crippen molar-refractivity contribution in [3.63, 3.8) is 0 Å². The number of aliphatic carboxylic acids is 6. The smallest absolute Gasteiger partial charge is 0.550 e. The van der Waals surface area contributed by atoms with Gasteiger partial charge in [-0.2, -0.15) is 0 Å². The van der Waals surface area contributed by atoms with Crippen LogP contribution in [-0.4, -0.2) is 85.9 Å². The van der Waals surface area contributed by atoms with E-state index in [0.29, 0.717) is 22.8 Å². The first-order chi connectivity index (χ1) is 34.0. The first-order valence-electron chi connectivity index (χ1n) is 20.7. The summed E-state index contributed by atoms with van der Waals surface area (Å²) in [6.07, 6.45) is 7.06. The van der Waals surface area contributed by atoms with Crippen LogP contribution in [0.4, 0.5) is 0 Å². The molecule has 0 amide bonds. The van der Waals surface area contributed by atoms with Gasteiger partial charge in [-0.3, -0.25) is 19.9 Å². The van der Waals surface area contributed by atoms with Crippen molar-refractivity contribution >= 4 is 101 Å². The van der Waals surface area contributed by atoms with E-state index in [2.05, 4.69) is 29.9 Å². The summed E-state index contributed by atoms with van der Waals surface area (Å²) in [6, 6.07) is 29.9. The molecule has 74 heavy (non-hydrogen) atoms. The van der Waals surface area contributed by atoms with Crippen LogP contribution in [-0.2, 0) is 28.8 Å². The van der Waals surface area contributed by atoms with Crippen molar-refractivity contribution in [1.29, 1.82) is 0 Å². The molecular weight excluding hydrogens is 1240 g/mol. The number of aromatic amines is 2. The average Bonchev–Trinajstić information content (AvgIpc) is 3.96. The second-order valence-corrected chi connectivity index (χ2v) is 14.2. The van der Waals surface area contributed by atoms with Crippen LogP contribution in [0.15, 0.2) is 122 Å². The van der Waals surface area contributed by atoms with Crippen LogP contribution >= 0.6 is 0 Å². The third-order valence-corrected chi connectivity index (χ3v) is 8.45. The molecule has 0 bridgehead atoms. The van der Waals surface area contributed by atoms with Crippen molar-refractivity contribution in [2.45, 2.75) is 41.5 Å². The fourth-order valence-electron chi connectivity index (χ4n) is 6.29. The molecule has 6 heterocycles. The predicted molar refractivity (Wildman–Crippen MR) is 252 cm³/mol. The summed E-state index contributed by atoms with van der Waals surface area (Å²) < 4.78 is 0. The second kappa shape index (κ2) is 32.3. The Bertz CT molecular complexity index is 3080. The zero-order valence-electron chi connectivity index (χ0n) is 39.8. The first kappa shape index (κ1) is 65.1. The zero-order valence-corrected chi connectivity index (χ0v) is 44.6. The number of hydrogen-bond acceptors (Lipinski definition) is 20. The maximum atomic E-state index is 10.1. The summed E-state index contributed by atoms with van der Waals surface area (Å²) in [5.74, 6) is -4.85. The molecule has 0 radical (unpaired) electrons. The number of rotatable bonds is 2. The number of aromatic hydroxyl groups is 2. The molecule has 0 saturated carbocycles. The Morgan fingerprint density at radius 3 is 0.851 bits per heavy atom. The van der Waals surface area contributed by atoms with Gasteiger partial charge in [-0.1, -0.05) is 24.3 Å². The zero-order chi connectivity index (χ0) is 53.7. The number of carboxylic acids is 6. The van der Waals surface area contributed by atoms with Crippen LogP contribution in [0, 0.1) is 98.8 Å². The molecule has 10 rings (SSSR count). The number of carbonyl (C=O) groups is 6. The molecule has 6 aromatic heterocycles. The minimum absolute atomic E-state index is 0. The fraction of sp³-hybridized carbons (Fsp3) is 0.120. The summed E-state index contributed by atoms with van der Waals surface area (Å²) >= 11 is 0. The van der Waals surface area contributed by atoms with Gasteiger partial charge in [-0.05, 0) is 114 Å². The summed E-state index contributed by atoms with van der Waals surface area (Å²) in [5, 5.41) is 77.4. The Morgan fingerprint density at radius 1 is 0.365 bits per heavy atom. The van der Waals surface area contributed by atoms with E-state index in [-0.39, 0.29) is 110 Å². The van der Waals surface area contributed by atoms with Gasteiger partial charge >= 0.3 is 98.8 Å². The van der Waals surface area contributed by atoms with E-state index >= 15 is 0 Å². The van der Waals surface area contributed by atoms with E-state index in [0.717, 1.165) is 107 Å². The molecule has 4 N–H and O–H groups in total. The number of benzene rings is 4. The molecule has 0 atom stereocenters. The van der Waals surface area contributed by atoms with Crippen molar-refractivity contribution in [2.24, 2.45) is 0 Å². The van der Waals surface area contributed by atoms with Crippen molar-refractivity contribution in [3.05, 3.63) is 122 Å². The van der Waals surface area contributed by atoms with Gasteiger partial charge in [0.2, 0.25) is 0 Å². The molecule has 0 aliphatic heterocycles. The fourth-order valence-corrected chi connectivity index (χ4v) is 6.29. The molecule has 0 fully saturated rings. The van der Waals surface area contributed by atoms with E-state index in [1.165, 1.54) is 0 Å². The van der Waals surface area contributed by atoms with Gasteiger partial charge < -0.3 is 79.6 Å². The Hall–Kier alpha value is -6.95. The van der Waals surface area contributed by atoms with Gasteiger partial charge in [0, 0.05) is 82.1 Å². The Kier molecular flexibility index (Phi) is 28.4. The summed E-state index contributed by atoms with van der Waals surface area (Å²) in [6.45, 7) is 5.83. The van der Waals surface area contributed by atoms with Gasteiger partial charge in [-0.25, -0.2) is 9.97 Å². The van der Waals surface area contributed by atoms with Crippen LogP contribution in [0.1, 0.15) is 41.5 Å². The molecule has 0 spiro atoms. The number of fused-ring (bicyclic) bond motifs is 12. The first-order valence-corrected chi connectivity index (χ1v) is 20.7. The van der Waals surface area contributed by atoms with Crippen LogP contribution in [0.3, 0.4) is 0 Å². The van der Waals surface area contributed by atoms with Crippen molar-refractivity contribution in [1.82, 2.24) is 39.9 Å². The summed E-state index contributed by atoms with van der Waals surface area (Å²) in [4.78, 5) is 87.5. The number of nitrogens with one attached hydrogen (secondary N) is 2. The third-order valence-electron chi connectivity index (χ3n) is 8.45. The number of phenols is 2. The van der Waals surface area contributed by atoms with E-state index in [1.807, 2.05) is 72.8 Å². The number of carbonyl (C=O) groups excluding carboxylic acids is 6. The summed E-state index contributed by atoms with van der Waals surface area (Å²) in [5.41, 5.74) is 8.14. The van der Waals surface area contributed by atoms with Crippen molar-refractivity contribution in [2.75, 3.05) is 0 Å².